The second kappa shape index (κ2) is 9.63. The Labute approximate surface area is 258 Å². The molecule has 0 saturated carbocycles. The quantitative estimate of drug-likeness (QED) is 0.288. The molecule has 7 heterocycles. The van der Waals surface area contributed by atoms with Crippen molar-refractivity contribution in [3.05, 3.63) is 47.4 Å². The third-order valence-corrected chi connectivity index (χ3v) is 10.9. The molecule has 4 aromatic rings. The van der Waals surface area contributed by atoms with Crippen molar-refractivity contribution in [3.8, 4) is 22.9 Å². The summed E-state index contributed by atoms with van der Waals surface area (Å²) in [4.78, 5) is 27.6. The van der Waals surface area contributed by atoms with Gasteiger partial charge in [0.25, 0.3) is 0 Å². The SMILES string of the molecule is O=C1Nc2c(OCC34CCCN3CCC4)nc3c(F)c(-c4cc(O)cc5cccc(Cl)c45)ncc3c2N2CC3CCC(N3)C12. The van der Waals surface area contributed by atoms with Crippen LogP contribution in [0.25, 0.3) is 32.9 Å². The molecule has 0 aliphatic carbocycles. The number of carbonyl (C=O) groups excluding carboxylic acids is 1. The lowest BCUT2D eigenvalue weighted by molar-refractivity contribution is -0.118. The number of hydrogen-bond acceptors (Lipinski definition) is 8. The van der Waals surface area contributed by atoms with Gasteiger partial charge in [0.2, 0.25) is 11.8 Å². The Bertz CT molecular complexity index is 1880. The van der Waals surface area contributed by atoms with Gasteiger partial charge in [-0.2, -0.15) is 0 Å². The first-order valence-corrected chi connectivity index (χ1v) is 15.9. The first-order chi connectivity index (χ1) is 21.4. The van der Waals surface area contributed by atoms with Crippen LogP contribution in [0.3, 0.4) is 0 Å². The van der Waals surface area contributed by atoms with E-state index in [2.05, 4.69) is 25.4 Å². The number of nitrogens with zero attached hydrogens (tertiary/aromatic N) is 4. The molecule has 3 atom stereocenters. The topological polar surface area (TPSA) is 103 Å². The van der Waals surface area contributed by atoms with Crippen LogP contribution in [-0.2, 0) is 4.79 Å². The lowest BCUT2D eigenvalue weighted by Crippen LogP contribution is -2.64. The zero-order valence-corrected chi connectivity index (χ0v) is 24.8. The third-order valence-electron chi connectivity index (χ3n) is 10.6. The van der Waals surface area contributed by atoms with Crippen molar-refractivity contribution in [2.45, 2.75) is 62.2 Å². The Morgan fingerprint density at radius 3 is 2.86 bits per heavy atom. The molecule has 5 aliphatic heterocycles. The van der Waals surface area contributed by atoms with Gasteiger partial charge in [0.05, 0.1) is 11.2 Å². The van der Waals surface area contributed by atoms with Gasteiger partial charge in [0.15, 0.2) is 5.82 Å². The molecule has 1 amide bonds. The fraction of sp³-hybridized carbons (Fsp3) is 0.424. The van der Waals surface area contributed by atoms with Gasteiger partial charge in [-0.1, -0.05) is 23.7 Å². The number of piperazine rings is 1. The normalized spacial score (nSPS) is 25.3. The fourth-order valence-corrected chi connectivity index (χ4v) is 8.92. The van der Waals surface area contributed by atoms with Crippen LogP contribution in [0.5, 0.6) is 11.6 Å². The molecular formula is C33H32ClFN6O3. The molecular weight excluding hydrogens is 583 g/mol. The Morgan fingerprint density at radius 2 is 2.02 bits per heavy atom. The first-order valence-electron chi connectivity index (χ1n) is 15.6. The number of halogens is 2. The molecule has 2 aromatic carbocycles. The number of phenolic OH excluding ortho intramolecular Hbond substituents is 1. The molecule has 3 N–H and O–H groups in total. The highest BCUT2D eigenvalue weighted by Gasteiger charge is 2.49. The van der Waals surface area contributed by atoms with E-state index >= 15 is 4.39 Å². The fourth-order valence-electron chi connectivity index (χ4n) is 8.64. The number of rotatable bonds is 4. The number of carbonyl (C=O) groups is 1. The van der Waals surface area contributed by atoms with Gasteiger partial charge in [-0.3, -0.25) is 14.7 Å². The molecule has 4 fully saturated rings. The zero-order chi connectivity index (χ0) is 29.7. The van der Waals surface area contributed by atoms with Gasteiger partial charge in [0, 0.05) is 46.2 Å². The van der Waals surface area contributed by atoms with Gasteiger partial charge in [-0.15, -0.1) is 0 Å². The molecule has 4 saturated heterocycles. The molecule has 5 aliphatic rings. The highest BCUT2D eigenvalue weighted by Crippen LogP contribution is 2.49. The van der Waals surface area contributed by atoms with E-state index in [1.54, 1.807) is 24.4 Å². The van der Waals surface area contributed by atoms with Gasteiger partial charge in [-0.05, 0) is 75.2 Å². The van der Waals surface area contributed by atoms with Crippen LogP contribution in [0.2, 0.25) is 5.02 Å². The second-order valence-electron chi connectivity index (χ2n) is 13.0. The maximum atomic E-state index is 16.9. The van der Waals surface area contributed by atoms with Crippen molar-refractivity contribution < 1.29 is 19.0 Å². The van der Waals surface area contributed by atoms with Crippen molar-refractivity contribution in [1.29, 1.82) is 0 Å². The minimum atomic E-state index is -0.630. The summed E-state index contributed by atoms with van der Waals surface area (Å²) in [6, 6.07) is 8.26. The number of ether oxygens (including phenoxy) is 1. The predicted molar refractivity (Wildman–Crippen MR) is 167 cm³/mol. The molecule has 11 heteroatoms. The van der Waals surface area contributed by atoms with Crippen molar-refractivity contribution in [3.63, 3.8) is 0 Å². The standard InChI is InChI=1S/C33H32ClFN6O3/c34-22-5-1-4-17-12-19(42)13-20(24(17)22)26-25(35)27-21(14-36-26)29-28(38-31(43)30-23-7-6-18(37-23)15-41(29)30)32(39-27)44-16-33-8-2-10-40(33)11-3-9-33/h1,4-5,12-14,18,23,30,37,42H,2-3,6-11,15-16H2,(H,38,43). The van der Waals surface area contributed by atoms with Crippen LogP contribution in [0.1, 0.15) is 38.5 Å². The minimum absolute atomic E-state index is 0.0109. The van der Waals surface area contributed by atoms with E-state index in [9.17, 15) is 9.90 Å². The lowest BCUT2D eigenvalue weighted by atomic mass is 9.95. The van der Waals surface area contributed by atoms with Gasteiger partial charge in [0.1, 0.15) is 35.3 Å². The van der Waals surface area contributed by atoms with E-state index in [0.717, 1.165) is 51.6 Å². The van der Waals surface area contributed by atoms with Crippen molar-refractivity contribution in [2.75, 3.05) is 36.5 Å². The number of nitrogens with one attached hydrogen (secondary N) is 2. The van der Waals surface area contributed by atoms with E-state index in [4.69, 9.17) is 21.3 Å². The van der Waals surface area contributed by atoms with Crippen molar-refractivity contribution in [1.82, 2.24) is 20.2 Å². The van der Waals surface area contributed by atoms with Crippen LogP contribution in [0.4, 0.5) is 15.8 Å². The number of phenols is 1. The lowest BCUT2D eigenvalue weighted by Gasteiger charge is -2.45. The number of benzene rings is 2. The summed E-state index contributed by atoms with van der Waals surface area (Å²) in [6.45, 7) is 3.15. The van der Waals surface area contributed by atoms with Crippen LogP contribution in [-0.4, -0.2) is 75.8 Å². The summed E-state index contributed by atoms with van der Waals surface area (Å²) < 4.78 is 23.4. The number of pyridine rings is 2. The molecule has 3 unspecified atom stereocenters. The highest BCUT2D eigenvalue weighted by molar-refractivity contribution is 6.36. The largest absolute Gasteiger partial charge is 0.508 e. The summed E-state index contributed by atoms with van der Waals surface area (Å²) >= 11 is 6.60. The van der Waals surface area contributed by atoms with Crippen molar-refractivity contribution in [2.24, 2.45) is 0 Å². The number of aromatic hydroxyl groups is 1. The molecule has 9 rings (SSSR count). The van der Waals surface area contributed by atoms with E-state index in [-0.39, 0.29) is 46.4 Å². The smallest absolute Gasteiger partial charge is 0.248 e. The van der Waals surface area contributed by atoms with E-state index < -0.39 is 11.9 Å². The van der Waals surface area contributed by atoms with Gasteiger partial charge >= 0.3 is 0 Å². The molecule has 9 nitrogen and oxygen atoms in total. The number of hydrogen-bond donors (Lipinski definition) is 3. The minimum Gasteiger partial charge on any atom is -0.508 e. The molecule has 0 spiro atoms. The van der Waals surface area contributed by atoms with Gasteiger partial charge in [-0.25, -0.2) is 9.37 Å². The summed E-state index contributed by atoms with van der Waals surface area (Å²) in [5.41, 5.74) is 1.66. The summed E-state index contributed by atoms with van der Waals surface area (Å²) in [5.74, 6) is -0.519. The molecule has 2 bridgehead atoms. The maximum absolute atomic E-state index is 16.9. The average molecular weight is 615 g/mol. The maximum Gasteiger partial charge on any atom is 0.248 e. The number of amides is 1. The summed E-state index contributed by atoms with van der Waals surface area (Å²) in [5, 5.41) is 19.5. The number of anilines is 2. The first kappa shape index (κ1) is 26.7. The Hall–Kier alpha value is -3.73. The number of fused-ring (bicyclic) bond motifs is 10. The van der Waals surface area contributed by atoms with E-state index in [1.165, 1.54) is 6.07 Å². The predicted octanol–water partition coefficient (Wildman–Crippen LogP) is 5.22. The van der Waals surface area contributed by atoms with Crippen molar-refractivity contribution >= 4 is 50.6 Å². The Kier molecular flexibility index (Phi) is 5.84. The van der Waals surface area contributed by atoms with Crippen LogP contribution in [0, 0.1) is 5.82 Å². The van der Waals surface area contributed by atoms with Crippen LogP contribution < -0.4 is 20.3 Å². The third kappa shape index (κ3) is 3.80. The summed E-state index contributed by atoms with van der Waals surface area (Å²) in [6.07, 6.45) is 7.85. The van der Waals surface area contributed by atoms with E-state index in [1.807, 2.05) is 6.07 Å². The molecule has 0 radical (unpaired) electrons. The Morgan fingerprint density at radius 1 is 1.18 bits per heavy atom. The molecule has 226 valence electrons. The average Bonchev–Trinajstić information content (AvgIpc) is 3.70. The zero-order valence-electron chi connectivity index (χ0n) is 24.1. The monoisotopic (exact) mass is 614 g/mol. The summed E-state index contributed by atoms with van der Waals surface area (Å²) in [7, 11) is 0. The van der Waals surface area contributed by atoms with Crippen LogP contribution in [0.15, 0.2) is 36.5 Å². The molecule has 2 aromatic heterocycles. The van der Waals surface area contributed by atoms with E-state index in [0.29, 0.717) is 51.3 Å². The Balaban J connectivity index is 1.25. The highest BCUT2D eigenvalue weighted by atomic mass is 35.5. The van der Waals surface area contributed by atoms with Crippen LogP contribution >= 0.6 is 11.6 Å². The molecule has 44 heavy (non-hydrogen) atoms. The van der Waals surface area contributed by atoms with Gasteiger partial charge < -0.3 is 25.4 Å². The second-order valence-corrected chi connectivity index (χ2v) is 13.4. The number of aromatic nitrogens is 2.